The van der Waals surface area contributed by atoms with Crippen molar-refractivity contribution in [3.63, 3.8) is 0 Å². The van der Waals surface area contributed by atoms with Gasteiger partial charge < -0.3 is 15.7 Å². The number of pyridine rings is 1. The first-order valence-corrected chi connectivity index (χ1v) is 6.31. The fourth-order valence-corrected chi connectivity index (χ4v) is 2.04. The van der Waals surface area contributed by atoms with Crippen LogP contribution in [0.4, 0.5) is 0 Å². The van der Waals surface area contributed by atoms with Crippen molar-refractivity contribution in [2.45, 2.75) is 13.5 Å². The van der Waals surface area contributed by atoms with Crippen LogP contribution in [0.2, 0.25) is 5.15 Å². The van der Waals surface area contributed by atoms with Gasteiger partial charge in [-0.2, -0.15) is 0 Å². The molecule has 104 valence electrons. The lowest BCUT2D eigenvalue weighted by atomic mass is 10.1. The fourth-order valence-electron chi connectivity index (χ4n) is 1.82. The van der Waals surface area contributed by atoms with Crippen molar-refractivity contribution in [2.24, 2.45) is 10.9 Å². The summed E-state index contributed by atoms with van der Waals surface area (Å²) in [6.45, 7) is 2.07. The van der Waals surface area contributed by atoms with E-state index in [1.165, 1.54) is 0 Å². The van der Waals surface area contributed by atoms with E-state index in [-0.39, 0.29) is 5.84 Å². The van der Waals surface area contributed by atoms with Gasteiger partial charge in [0.15, 0.2) is 5.84 Å². The van der Waals surface area contributed by atoms with Gasteiger partial charge in [0, 0.05) is 6.07 Å². The summed E-state index contributed by atoms with van der Waals surface area (Å²) in [5, 5.41) is 12.1. The molecule has 1 aromatic heterocycles. The fraction of sp³-hybridized carbons (Fsp3) is 0.143. The van der Waals surface area contributed by atoms with Crippen LogP contribution in [0.3, 0.4) is 0 Å². The molecular formula is C14H14ClN3O2. The van der Waals surface area contributed by atoms with E-state index in [1.807, 2.05) is 30.3 Å². The van der Waals surface area contributed by atoms with Gasteiger partial charge in [0.05, 0.1) is 11.3 Å². The second-order valence-electron chi connectivity index (χ2n) is 4.16. The highest BCUT2D eigenvalue weighted by Crippen LogP contribution is 2.25. The third kappa shape index (κ3) is 3.19. The highest BCUT2D eigenvalue weighted by Gasteiger charge is 2.15. The molecule has 0 saturated carbocycles. The smallest absolute Gasteiger partial charge is 0.175 e. The van der Waals surface area contributed by atoms with Crippen molar-refractivity contribution in [2.75, 3.05) is 0 Å². The first kappa shape index (κ1) is 14.1. The molecule has 2 aromatic rings. The predicted molar refractivity (Wildman–Crippen MR) is 77.3 cm³/mol. The number of benzene rings is 1. The molecule has 0 amide bonds. The van der Waals surface area contributed by atoms with Crippen LogP contribution in [0.25, 0.3) is 0 Å². The summed E-state index contributed by atoms with van der Waals surface area (Å²) in [7, 11) is 0. The Kier molecular flexibility index (Phi) is 4.42. The van der Waals surface area contributed by atoms with Gasteiger partial charge in [0.25, 0.3) is 0 Å². The molecule has 20 heavy (non-hydrogen) atoms. The number of rotatable bonds is 4. The van der Waals surface area contributed by atoms with Crippen molar-refractivity contribution in [1.82, 2.24) is 4.98 Å². The Morgan fingerprint density at radius 1 is 1.40 bits per heavy atom. The number of oxime groups is 1. The minimum absolute atomic E-state index is 0.0604. The molecule has 0 atom stereocenters. The monoisotopic (exact) mass is 291 g/mol. The van der Waals surface area contributed by atoms with E-state index in [0.717, 1.165) is 5.56 Å². The number of halogens is 1. The molecule has 0 saturated heterocycles. The summed E-state index contributed by atoms with van der Waals surface area (Å²) < 4.78 is 5.71. The van der Waals surface area contributed by atoms with E-state index >= 15 is 0 Å². The van der Waals surface area contributed by atoms with Gasteiger partial charge in [-0.05, 0) is 12.5 Å². The molecule has 0 unspecified atom stereocenters. The molecule has 1 aromatic carbocycles. The minimum Gasteiger partial charge on any atom is -0.488 e. The molecule has 3 N–H and O–H groups in total. The minimum atomic E-state index is -0.0604. The zero-order valence-electron chi connectivity index (χ0n) is 10.9. The van der Waals surface area contributed by atoms with Gasteiger partial charge in [-0.25, -0.2) is 4.98 Å². The third-order valence-corrected chi connectivity index (χ3v) is 2.93. The highest BCUT2D eigenvalue weighted by molar-refractivity contribution is 6.29. The SMILES string of the molecule is Cc1nc(Cl)cc(OCc2ccccc2)c1C(N)=NO. The maximum absolute atomic E-state index is 8.84. The summed E-state index contributed by atoms with van der Waals surface area (Å²) >= 11 is 5.92. The second-order valence-corrected chi connectivity index (χ2v) is 4.55. The van der Waals surface area contributed by atoms with Crippen LogP contribution in [0.5, 0.6) is 5.75 Å². The first-order valence-electron chi connectivity index (χ1n) is 5.93. The summed E-state index contributed by atoms with van der Waals surface area (Å²) in [6, 6.07) is 11.2. The van der Waals surface area contributed by atoms with E-state index < -0.39 is 0 Å². The van der Waals surface area contributed by atoms with Crippen LogP contribution in [-0.4, -0.2) is 16.0 Å². The van der Waals surface area contributed by atoms with Crippen LogP contribution in [0.15, 0.2) is 41.6 Å². The van der Waals surface area contributed by atoms with E-state index in [2.05, 4.69) is 10.1 Å². The van der Waals surface area contributed by atoms with Crippen LogP contribution in [-0.2, 0) is 6.61 Å². The molecule has 2 rings (SSSR count). The Balaban J connectivity index is 2.31. The molecule has 0 aliphatic heterocycles. The van der Waals surface area contributed by atoms with Crippen LogP contribution >= 0.6 is 11.6 Å². The molecule has 0 spiro atoms. The lowest BCUT2D eigenvalue weighted by Crippen LogP contribution is -2.17. The van der Waals surface area contributed by atoms with Gasteiger partial charge >= 0.3 is 0 Å². The lowest BCUT2D eigenvalue weighted by Gasteiger charge is -2.13. The van der Waals surface area contributed by atoms with Gasteiger partial charge in [0.2, 0.25) is 0 Å². The van der Waals surface area contributed by atoms with Crippen molar-refractivity contribution in [3.8, 4) is 5.75 Å². The van der Waals surface area contributed by atoms with Crippen molar-refractivity contribution in [1.29, 1.82) is 0 Å². The average Bonchev–Trinajstić information content (AvgIpc) is 2.45. The van der Waals surface area contributed by atoms with E-state index in [1.54, 1.807) is 13.0 Å². The molecular weight excluding hydrogens is 278 g/mol. The standard InChI is InChI=1S/C14H14ClN3O2/c1-9-13(14(16)18-19)11(7-12(15)17-9)20-8-10-5-3-2-4-6-10/h2-7,19H,8H2,1H3,(H2,16,18). The third-order valence-electron chi connectivity index (χ3n) is 2.73. The number of hydrogen-bond donors (Lipinski definition) is 2. The Morgan fingerprint density at radius 2 is 2.10 bits per heavy atom. The zero-order chi connectivity index (χ0) is 14.5. The highest BCUT2D eigenvalue weighted by atomic mass is 35.5. The number of ether oxygens (including phenoxy) is 1. The molecule has 1 heterocycles. The summed E-state index contributed by atoms with van der Waals surface area (Å²) in [4.78, 5) is 4.07. The Bertz CT molecular complexity index is 630. The quantitative estimate of drug-likeness (QED) is 0.298. The largest absolute Gasteiger partial charge is 0.488 e. The summed E-state index contributed by atoms with van der Waals surface area (Å²) in [5.41, 5.74) is 7.63. The summed E-state index contributed by atoms with van der Waals surface area (Å²) in [6.07, 6.45) is 0. The van der Waals surface area contributed by atoms with Gasteiger partial charge in [-0.15, -0.1) is 0 Å². The number of aromatic nitrogens is 1. The lowest BCUT2D eigenvalue weighted by molar-refractivity contribution is 0.302. The van der Waals surface area contributed by atoms with Crippen LogP contribution in [0.1, 0.15) is 16.8 Å². The van der Waals surface area contributed by atoms with Crippen LogP contribution < -0.4 is 10.5 Å². The second kappa shape index (κ2) is 6.25. The van der Waals surface area contributed by atoms with E-state index in [9.17, 15) is 0 Å². The zero-order valence-corrected chi connectivity index (χ0v) is 11.6. The first-order chi connectivity index (χ1) is 9.61. The van der Waals surface area contributed by atoms with E-state index in [0.29, 0.717) is 28.8 Å². The molecule has 0 aliphatic carbocycles. The molecule has 5 nitrogen and oxygen atoms in total. The Morgan fingerprint density at radius 3 is 2.75 bits per heavy atom. The average molecular weight is 292 g/mol. The van der Waals surface area contributed by atoms with Crippen molar-refractivity contribution in [3.05, 3.63) is 58.4 Å². The van der Waals surface area contributed by atoms with Crippen LogP contribution in [0, 0.1) is 6.92 Å². The van der Waals surface area contributed by atoms with Crippen molar-refractivity contribution >= 4 is 17.4 Å². The number of nitrogens with two attached hydrogens (primary N) is 1. The number of hydrogen-bond acceptors (Lipinski definition) is 4. The molecule has 0 fully saturated rings. The maximum atomic E-state index is 8.84. The molecule has 6 heteroatoms. The molecule has 0 aliphatic rings. The Labute approximate surface area is 121 Å². The topological polar surface area (TPSA) is 80.7 Å². The molecule has 0 radical (unpaired) electrons. The van der Waals surface area contributed by atoms with Gasteiger partial charge in [-0.3, -0.25) is 0 Å². The molecule has 0 bridgehead atoms. The number of amidine groups is 1. The van der Waals surface area contributed by atoms with Gasteiger partial charge in [0.1, 0.15) is 17.5 Å². The van der Waals surface area contributed by atoms with Gasteiger partial charge in [-0.1, -0.05) is 47.1 Å². The Hall–Kier alpha value is -2.27. The number of nitrogens with zero attached hydrogens (tertiary/aromatic N) is 2. The number of aryl methyl sites for hydroxylation is 1. The van der Waals surface area contributed by atoms with Crippen molar-refractivity contribution < 1.29 is 9.94 Å². The predicted octanol–water partition coefficient (Wildman–Crippen LogP) is 2.72. The maximum Gasteiger partial charge on any atom is 0.175 e. The summed E-state index contributed by atoms with van der Waals surface area (Å²) in [5.74, 6) is 0.372. The normalized spacial score (nSPS) is 11.4. The van der Waals surface area contributed by atoms with E-state index in [4.69, 9.17) is 27.3 Å².